The van der Waals surface area contributed by atoms with Crippen LogP contribution in [0.1, 0.15) is 11.1 Å². The van der Waals surface area contributed by atoms with Gasteiger partial charge in [0.1, 0.15) is 0 Å². The van der Waals surface area contributed by atoms with Gasteiger partial charge in [0.05, 0.1) is 0 Å². The maximum atomic E-state index is 2.27. The molecule has 24 heavy (non-hydrogen) atoms. The van der Waals surface area contributed by atoms with Crippen LogP contribution in [0.3, 0.4) is 0 Å². The van der Waals surface area contributed by atoms with Gasteiger partial charge < -0.3 is 0 Å². The zero-order chi connectivity index (χ0) is 16.5. The lowest BCUT2D eigenvalue weighted by molar-refractivity contribution is 1.48. The van der Waals surface area contributed by atoms with E-state index in [1.54, 1.807) is 0 Å². The molecule has 0 N–H and O–H groups in total. The molecule has 0 unspecified atom stereocenters. The monoisotopic (exact) mass is 308 g/mol. The summed E-state index contributed by atoms with van der Waals surface area (Å²) in [5, 5.41) is 8.19. The summed E-state index contributed by atoms with van der Waals surface area (Å²) in [6, 6.07) is 30.2. The Hall–Kier alpha value is -2.86. The first-order valence-corrected chi connectivity index (χ1v) is 8.38. The summed E-state index contributed by atoms with van der Waals surface area (Å²) in [6.45, 7) is 4.24. The molecule has 0 aromatic heterocycles. The maximum absolute atomic E-state index is 2.27. The quantitative estimate of drug-likeness (QED) is 0.273. The van der Waals surface area contributed by atoms with Crippen LogP contribution < -0.4 is 0 Å². The lowest BCUT2D eigenvalue weighted by Gasteiger charge is -2.11. The van der Waals surface area contributed by atoms with Crippen molar-refractivity contribution in [1.82, 2.24) is 0 Å². The predicted molar refractivity (Wildman–Crippen MR) is 106 cm³/mol. The van der Waals surface area contributed by atoms with Crippen molar-refractivity contribution < 1.29 is 0 Å². The minimum Gasteiger partial charge on any atom is -0.0622 e. The van der Waals surface area contributed by atoms with Crippen molar-refractivity contribution in [2.45, 2.75) is 13.8 Å². The molecule has 5 rings (SSSR count). The largest absolute Gasteiger partial charge is 0.0622 e. The molecule has 5 aromatic rings. The van der Waals surface area contributed by atoms with Crippen LogP contribution in [0.15, 0.2) is 84.9 Å². The topological polar surface area (TPSA) is 0 Å². The van der Waals surface area contributed by atoms with E-state index in [0.717, 1.165) is 0 Å². The molecule has 0 saturated heterocycles. The Morgan fingerprint density at radius 2 is 0.917 bits per heavy atom. The van der Waals surface area contributed by atoms with Crippen molar-refractivity contribution in [3.63, 3.8) is 0 Å². The molecule has 0 nitrogen and oxygen atoms in total. The van der Waals surface area contributed by atoms with Gasteiger partial charge in [-0.25, -0.2) is 0 Å². The standard InChI is InChI=1S/C17H12.C7H8/c1-11-9-14-7-5-12-3-2-4-13-6-8-15(10-11)17(14)16(12)13;1-7-5-3-2-4-6-7/h2-10H,1H3;2-6H,1H3. The van der Waals surface area contributed by atoms with Crippen molar-refractivity contribution in [1.29, 1.82) is 0 Å². The summed E-state index contributed by atoms with van der Waals surface area (Å²) in [7, 11) is 0. The van der Waals surface area contributed by atoms with Crippen LogP contribution in [0.2, 0.25) is 0 Å². The lowest BCUT2D eigenvalue weighted by atomic mass is 9.93. The van der Waals surface area contributed by atoms with E-state index in [1.807, 2.05) is 18.2 Å². The second-order valence-electron chi connectivity index (χ2n) is 6.45. The van der Waals surface area contributed by atoms with Gasteiger partial charge >= 0.3 is 0 Å². The first-order valence-electron chi connectivity index (χ1n) is 8.38. The van der Waals surface area contributed by atoms with Crippen LogP contribution in [0.4, 0.5) is 0 Å². The second kappa shape index (κ2) is 5.98. The van der Waals surface area contributed by atoms with E-state index < -0.39 is 0 Å². The molecule has 0 aliphatic carbocycles. The molecule has 0 atom stereocenters. The lowest BCUT2D eigenvalue weighted by Crippen LogP contribution is -1.84. The Morgan fingerprint density at radius 3 is 1.42 bits per heavy atom. The summed E-state index contributed by atoms with van der Waals surface area (Å²) in [4.78, 5) is 0. The van der Waals surface area contributed by atoms with Crippen LogP contribution in [0.5, 0.6) is 0 Å². The molecule has 0 fully saturated rings. The van der Waals surface area contributed by atoms with E-state index in [2.05, 4.69) is 80.6 Å². The summed E-state index contributed by atoms with van der Waals surface area (Å²) in [6.07, 6.45) is 0. The molecular weight excluding hydrogens is 288 g/mol. The normalized spacial score (nSPS) is 10.9. The number of rotatable bonds is 0. The molecule has 0 heteroatoms. The van der Waals surface area contributed by atoms with Crippen LogP contribution in [-0.4, -0.2) is 0 Å². The van der Waals surface area contributed by atoms with Crippen LogP contribution in [0, 0.1) is 13.8 Å². The van der Waals surface area contributed by atoms with Gasteiger partial charge in [0.25, 0.3) is 0 Å². The Kier molecular flexibility index (Phi) is 3.66. The number of hydrogen-bond donors (Lipinski definition) is 0. The Labute approximate surface area is 142 Å². The molecule has 5 aromatic carbocycles. The molecular formula is C24H20. The van der Waals surface area contributed by atoms with Crippen molar-refractivity contribution >= 4 is 32.3 Å². The molecule has 0 amide bonds. The highest BCUT2D eigenvalue weighted by Crippen LogP contribution is 2.34. The molecule has 0 aliphatic heterocycles. The van der Waals surface area contributed by atoms with Gasteiger partial charge in [-0.05, 0) is 51.7 Å². The van der Waals surface area contributed by atoms with Crippen molar-refractivity contribution in [3.8, 4) is 0 Å². The summed E-state index contributed by atoms with van der Waals surface area (Å²) in [5.74, 6) is 0. The van der Waals surface area contributed by atoms with Gasteiger partial charge in [-0.2, -0.15) is 0 Å². The Balaban J connectivity index is 0.000000177. The van der Waals surface area contributed by atoms with Crippen LogP contribution in [-0.2, 0) is 0 Å². The smallest absolute Gasteiger partial charge is 0.00266 e. The Morgan fingerprint density at radius 1 is 0.417 bits per heavy atom. The molecule has 0 heterocycles. The van der Waals surface area contributed by atoms with Gasteiger partial charge in [-0.3, -0.25) is 0 Å². The predicted octanol–water partition coefficient (Wildman–Crippen LogP) is 6.89. The fourth-order valence-corrected chi connectivity index (χ4v) is 3.44. The minimum absolute atomic E-state index is 1.32. The van der Waals surface area contributed by atoms with Gasteiger partial charge in [-0.15, -0.1) is 0 Å². The van der Waals surface area contributed by atoms with Crippen LogP contribution >= 0.6 is 0 Å². The highest BCUT2D eigenvalue weighted by molar-refractivity contribution is 6.23. The fraction of sp³-hybridized carbons (Fsp3) is 0.0833. The van der Waals surface area contributed by atoms with E-state index in [0.29, 0.717) is 0 Å². The van der Waals surface area contributed by atoms with Crippen molar-refractivity contribution in [2.75, 3.05) is 0 Å². The van der Waals surface area contributed by atoms with Gasteiger partial charge in [0, 0.05) is 0 Å². The third-order valence-corrected chi connectivity index (χ3v) is 4.55. The van der Waals surface area contributed by atoms with Gasteiger partial charge in [0.2, 0.25) is 0 Å². The highest BCUT2D eigenvalue weighted by Gasteiger charge is 2.07. The highest BCUT2D eigenvalue weighted by atomic mass is 14.1. The average molecular weight is 308 g/mol. The van der Waals surface area contributed by atoms with E-state index in [-0.39, 0.29) is 0 Å². The molecule has 0 bridgehead atoms. The molecule has 0 radical (unpaired) electrons. The molecule has 0 aliphatic rings. The van der Waals surface area contributed by atoms with Gasteiger partial charge in [-0.1, -0.05) is 90.5 Å². The maximum Gasteiger partial charge on any atom is -0.00266 e. The first kappa shape index (κ1) is 14.7. The molecule has 0 spiro atoms. The number of benzene rings is 5. The van der Waals surface area contributed by atoms with Gasteiger partial charge in [0.15, 0.2) is 0 Å². The molecule has 116 valence electrons. The zero-order valence-corrected chi connectivity index (χ0v) is 14.1. The van der Waals surface area contributed by atoms with E-state index in [4.69, 9.17) is 0 Å². The number of hydrogen-bond acceptors (Lipinski definition) is 0. The van der Waals surface area contributed by atoms with Crippen molar-refractivity contribution in [3.05, 3.63) is 96.1 Å². The summed E-state index contributed by atoms with van der Waals surface area (Å²) in [5.41, 5.74) is 2.65. The summed E-state index contributed by atoms with van der Waals surface area (Å²) < 4.78 is 0. The average Bonchev–Trinajstić information content (AvgIpc) is 2.60. The van der Waals surface area contributed by atoms with E-state index in [1.165, 1.54) is 43.4 Å². The van der Waals surface area contributed by atoms with Crippen LogP contribution in [0.25, 0.3) is 32.3 Å². The third kappa shape index (κ3) is 2.61. The zero-order valence-electron chi connectivity index (χ0n) is 14.1. The minimum atomic E-state index is 1.32. The number of aryl methyl sites for hydroxylation is 2. The SMILES string of the molecule is Cc1cc2ccc3cccc4ccc(c1)c2c34.Cc1ccccc1. The fourth-order valence-electron chi connectivity index (χ4n) is 3.44. The first-order chi connectivity index (χ1) is 11.7. The third-order valence-electron chi connectivity index (χ3n) is 4.55. The molecule has 0 saturated carbocycles. The van der Waals surface area contributed by atoms with E-state index in [9.17, 15) is 0 Å². The summed E-state index contributed by atoms with van der Waals surface area (Å²) >= 11 is 0. The Bertz CT molecular complexity index is 1040. The van der Waals surface area contributed by atoms with Crippen molar-refractivity contribution in [2.24, 2.45) is 0 Å². The van der Waals surface area contributed by atoms with E-state index >= 15 is 0 Å². The second-order valence-corrected chi connectivity index (χ2v) is 6.45.